The maximum absolute atomic E-state index is 9.21. The molecule has 0 heterocycles. The first-order chi connectivity index (χ1) is 7.20. The van der Waals surface area contributed by atoms with Crippen molar-refractivity contribution in [2.24, 2.45) is 0 Å². The number of rotatable bonds is 8. The molecule has 0 spiro atoms. The van der Waals surface area contributed by atoms with Gasteiger partial charge in [-0.15, -0.1) is 0 Å². The van der Waals surface area contributed by atoms with E-state index in [4.69, 9.17) is 4.74 Å². The molecular formula is C12H22O3. The average Bonchev–Trinajstić information content (AvgIpc) is 2.26. The van der Waals surface area contributed by atoms with Crippen LogP contribution in [0.1, 0.15) is 39.5 Å². The maximum Gasteiger partial charge on any atom is 0.0862 e. The molecule has 0 aromatic heterocycles. The Kier molecular flexibility index (Phi) is 9.22. The summed E-state index contributed by atoms with van der Waals surface area (Å²) in [5, 5.41) is 18.4. The molecule has 0 radical (unpaired) electrons. The number of hydrogen-bond donors (Lipinski definition) is 2. The van der Waals surface area contributed by atoms with Crippen LogP contribution in [0.5, 0.6) is 0 Å². The molecule has 88 valence electrons. The summed E-state index contributed by atoms with van der Waals surface area (Å²) in [6.45, 7) is 3.87. The van der Waals surface area contributed by atoms with E-state index in [9.17, 15) is 10.2 Å². The van der Waals surface area contributed by atoms with E-state index in [1.807, 2.05) is 13.8 Å². The lowest BCUT2D eigenvalue weighted by molar-refractivity contribution is 0.172. The van der Waals surface area contributed by atoms with Crippen molar-refractivity contribution in [1.82, 2.24) is 0 Å². The highest BCUT2D eigenvalue weighted by atomic mass is 16.5. The highest BCUT2D eigenvalue weighted by Crippen LogP contribution is 1.99. The van der Waals surface area contributed by atoms with Crippen LogP contribution in [-0.2, 0) is 4.74 Å². The Morgan fingerprint density at radius 1 is 0.933 bits per heavy atom. The van der Waals surface area contributed by atoms with Gasteiger partial charge in [0.2, 0.25) is 0 Å². The standard InChI is InChI=1S/C12H22O3/c1-3-11(13)7-5-9-15-10-6-8-12(14)4-2/h5-6,9-14H,3-4,7-8H2,1-2H3. The fraction of sp³-hybridized carbons (Fsp3) is 0.667. The summed E-state index contributed by atoms with van der Waals surface area (Å²) >= 11 is 0. The second kappa shape index (κ2) is 9.74. The summed E-state index contributed by atoms with van der Waals surface area (Å²) in [6.07, 6.45) is 8.84. The molecule has 0 fully saturated rings. The molecule has 0 aromatic rings. The van der Waals surface area contributed by atoms with Crippen LogP contribution in [0.2, 0.25) is 0 Å². The third-order valence-corrected chi connectivity index (χ3v) is 2.11. The van der Waals surface area contributed by atoms with Crippen molar-refractivity contribution in [2.45, 2.75) is 51.7 Å². The summed E-state index contributed by atoms with van der Waals surface area (Å²) in [5.41, 5.74) is 0. The molecule has 0 amide bonds. The quantitative estimate of drug-likeness (QED) is 0.610. The van der Waals surface area contributed by atoms with Crippen LogP contribution in [0.3, 0.4) is 0 Å². The monoisotopic (exact) mass is 214 g/mol. The lowest BCUT2D eigenvalue weighted by atomic mass is 10.2. The van der Waals surface area contributed by atoms with E-state index >= 15 is 0 Å². The largest absolute Gasteiger partial charge is 0.473 e. The van der Waals surface area contributed by atoms with Gasteiger partial charge in [-0.05, 0) is 37.8 Å². The Labute approximate surface area is 92.1 Å². The Hall–Kier alpha value is -0.800. The van der Waals surface area contributed by atoms with E-state index in [0.717, 1.165) is 12.8 Å². The van der Waals surface area contributed by atoms with Gasteiger partial charge in [-0.3, -0.25) is 0 Å². The molecule has 2 atom stereocenters. The molecular weight excluding hydrogens is 192 g/mol. The zero-order valence-corrected chi connectivity index (χ0v) is 9.60. The predicted molar refractivity (Wildman–Crippen MR) is 61.2 cm³/mol. The Balaban J connectivity index is 3.44. The van der Waals surface area contributed by atoms with Crippen molar-refractivity contribution in [3.05, 3.63) is 24.7 Å². The van der Waals surface area contributed by atoms with Crippen molar-refractivity contribution in [3.63, 3.8) is 0 Å². The van der Waals surface area contributed by atoms with E-state index in [0.29, 0.717) is 12.8 Å². The second-order valence-electron chi connectivity index (χ2n) is 3.48. The van der Waals surface area contributed by atoms with Crippen LogP contribution < -0.4 is 0 Å². The molecule has 2 N–H and O–H groups in total. The van der Waals surface area contributed by atoms with E-state index in [1.54, 1.807) is 24.7 Å². The molecule has 3 nitrogen and oxygen atoms in total. The molecule has 0 bridgehead atoms. The number of aliphatic hydroxyl groups is 2. The van der Waals surface area contributed by atoms with E-state index in [-0.39, 0.29) is 12.2 Å². The highest BCUT2D eigenvalue weighted by Gasteiger charge is 1.95. The normalized spacial score (nSPS) is 16.0. The first kappa shape index (κ1) is 14.2. The first-order valence-electron chi connectivity index (χ1n) is 5.52. The topological polar surface area (TPSA) is 49.7 Å². The fourth-order valence-corrected chi connectivity index (χ4v) is 0.915. The van der Waals surface area contributed by atoms with Gasteiger partial charge in [-0.25, -0.2) is 0 Å². The van der Waals surface area contributed by atoms with Gasteiger partial charge in [-0.1, -0.05) is 13.8 Å². The molecule has 0 aliphatic carbocycles. The lowest BCUT2D eigenvalue weighted by Crippen LogP contribution is -2.01. The Morgan fingerprint density at radius 2 is 1.33 bits per heavy atom. The summed E-state index contributed by atoms with van der Waals surface area (Å²) < 4.78 is 5.04. The maximum atomic E-state index is 9.21. The van der Waals surface area contributed by atoms with Crippen molar-refractivity contribution in [2.75, 3.05) is 0 Å². The van der Waals surface area contributed by atoms with E-state index < -0.39 is 0 Å². The molecule has 0 rings (SSSR count). The van der Waals surface area contributed by atoms with Crippen LogP contribution >= 0.6 is 0 Å². The van der Waals surface area contributed by atoms with E-state index in [1.165, 1.54) is 0 Å². The van der Waals surface area contributed by atoms with Crippen LogP contribution in [0.25, 0.3) is 0 Å². The summed E-state index contributed by atoms with van der Waals surface area (Å²) in [4.78, 5) is 0. The van der Waals surface area contributed by atoms with Crippen molar-refractivity contribution >= 4 is 0 Å². The lowest BCUT2D eigenvalue weighted by Gasteiger charge is -2.02. The molecule has 3 heteroatoms. The van der Waals surface area contributed by atoms with Crippen molar-refractivity contribution in [1.29, 1.82) is 0 Å². The van der Waals surface area contributed by atoms with Crippen molar-refractivity contribution in [3.8, 4) is 0 Å². The number of aliphatic hydroxyl groups excluding tert-OH is 2. The molecule has 0 aromatic carbocycles. The number of hydrogen-bond acceptors (Lipinski definition) is 3. The van der Waals surface area contributed by atoms with E-state index in [2.05, 4.69) is 0 Å². The zero-order valence-electron chi connectivity index (χ0n) is 9.60. The van der Waals surface area contributed by atoms with Gasteiger partial charge in [0.1, 0.15) is 0 Å². The minimum absolute atomic E-state index is 0.282. The van der Waals surface area contributed by atoms with Gasteiger partial charge in [-0.2, -0.15) is 0 Å². The average molecular weight is 214 g/mol. The minimum Gasteiger partial charge on any atom is -0.473 e. The molecule has 15 heavy (non-hydrogen) atoms. The van der Waals surface area contributed by atoms with Crippen LogP contribution in [-0.4, -0.2) is 22.4 Å². The SMILES string of the molecule is CCC(O)CC=COC=CCC(O)CC. The zero-order chi connectivity index (χ0) is 11.5. The Morgan fingerprint density at radius 3 is 1.67 bits per heavy atom. The van der Waals surface area contributed by atoms with Crippen molar-refractivity contribution < 1.29 is 14.9 Å². The van der Waals surface area contributed by atoms with Gasteiger partial charge >= 0.3 is 0 Å². The molecule has 2 unspecified atom stereocenters. The molecule has 0 saturated heterocycles. The fourth-order valence-electron chi connectivity index (χ4n) is 0.915. The molecule has 0 saturated carbocycles. The molecule has 0 aliphatic heterocycles. The first-order valence-corrected chi connectivity index (χ1v) is 5.52. The van der Waals surface area contributed by atoms with Crippen LogP contribution in [0, 0.1) is 0 Å². The number of ether oxygens (including phenoxy) is 1. The third-order valence-electron chi connectivity index (χ3n) is 2.11. The minimum atomic E-state index is -0.282. The summed E-state index contributed by atoms with van der Waals surface area (Å²) in [7, 11) is 0. The third kappa shape index (κ3) is 9.50. The van der Waals surface area contributed by atoms with Gasteiger partial charge in [0.15, 0.2) is 0 Å². The highest BCUT2D eigenvalue weighted by molar-refractivity contribution is 4.82. The van der Waals surface area contributed by atoms with Gasteiger partial charge in [0.05, 0.1) is 24.7 Å². The Bertz CT molecular complexity index is 167. The summed E-state index contributed by atoms with van der Waals surface area (Å²) in [5.74, 6) is 0. The van der Waals surface area contributed by atoms with Gasteiger partial charge < -0.3 is 14.9 Å². The smallest absolute Gasteiger partial charge is 0.0862 e. The van der Waals surface area contributed by atoms with Gasteiger partial charge in [0.25, 0.3) is 0 Å². The van der Waals surface area contributed by atoms with Crippen LogP contribution in [0.4, 0.5) is 0 Å². The van der Waals surface area contributed by atoms with Crippen LogP contribution in [0.15, 0.2) is 24.7 Å². The van der Waals surface area contributed by atoms with Gasteiger partial charge in [0, 0.05) is 0 Å². The summed E-state index contributed by atoms with van der Waals surface area (Å²) in [6, 6.07) is 0. The molecule has 0 aliphatic rings. The predicted octanol–water partition coefficient (Wildman–Crippen LogP) is 2.35. The second-order valence-corrected chi connectivity index (χ2v) is 3.48.